The van der Waals surface area contributed by atoms with Crippen LogP contribution in [0.25, 0.3) is 0 Å². The lowest BCUT2D eigenvalue weighted by Gasteiger charge is -2.26. The Morgan fingerprint density at radius 1 is 1.64 bits per heavy atom. The molecule has 4 heteroatoms. The molecule has 0 aromatic carbocycles. The lowest BCUT2D eigenvalue weighted by Crippen LogP contribution is -2.31. The van der Waals surface area contributed by atoms with E-state index in [2.05, 4.69) is 16.8 Å². The smallest absolute Gasteiger partial charge is 0.147 e. The quantitative estimate of drug-likeness (QED) is 0.831. The maximum Gasteiger partial charge on any atom is 0.147 e. The first kappa shape index (κ1) is 11.3. The van der Waals surface area contributed by atoms with Crippen molar-refractivity contribution in [2.75, 3.05) is 18.5 Å². The Morgan fingerprint density at radius 3 is 2.93 bits per heavy atom. The zero-order valence-corrected chi connectivity index (χ0v) is 9.33. The Morgan fingerprint density at radius 2 is 2.36 bits per heavy atom. The monoisotopic (exact) mass is 213 g/mol. The molecule has 1 aromatic heterocycles. The molecule has 2 N–H and O–H groups in total. The third kappa shape index (κ3) is 2.59. The summed E-state index contributed by atoms with van der Waals surface area (Å²) in [6.07, 6.45) is 2.68. The van der Waals surface area contributed by atoms with E-state index in [1.54, 1.807) is 6.20 Å². The first-order valence-electron chi connectivity index (χ1n) is 4.70. The molecule has 0 spiro atoms. The minimum absolute atomic E-state index is 0.354. The van der Waals surface area contributed by atoms with Gasteiger partial charge in [0, 0.05) is 19.3 Å². The predicted molar refractivity (Wildman–Crippen MR) is 60.8 cm³/mol. The van der Waals surface area contributed by atoms with Gasteiger partial charge in [-0.2, -0.15) is 0 Å². The minimum Gasteiger partial charge on any atom is -0.356 e. The molecule has 78 valence electrons. The molecule has 1 aromatic rings. The topological polar surface area (TPSA) is 42.1 Å². The van der Waals surface area contributed by atoms with E-state index in [1.165, 1.54) is 0 Å². The number of aromatic nitrogens is 1. The van der Waals surface area contributed by atoms with Gasteiger partial charge in [0.1, 0.15) is 5.82 Å². The SMILES string of the molecule is CC(CCN)N(C)c1ncccc1Cl. The van der Waals surface area contributed by atoms with Crippen LogP contribution in [-0.2, 0) is 0 Å². The Kier molecular flexibility index (Phi) is 4.17. The second-order valence-corrected chi connectivity index (χ2v) is 3.75. The van der Waals surface area contributed by atoms with Crippen molar-refractivity contribution in [2.45, 2.75) is 19.4 Å². The molecule has 0 radical (unpaired) electrons. The summed E-state index contributed by atoms with van der Waals surface area (Å²) < 4.78 is 0. The third-order valence-corrected chi connectivity index (χ3v) is 2.61. The van der Waals surface area contributed by atoms with Crippen LogP contribution in [-0.4, -0.2) is 24.6 Å². The largest absolute Gasteiger partial charge is 0.356 e. The fourth-order valence-electron chi connectivity index (χ4n) is 1.28. The molecular weight excluding hydrogens is 198 g/mol. The Balaban J connectivity index is 2.78. The summed E-state index contributed by atoms with van der Waals surface area (Å²) >= 11 is 6.03. The van der Waals surface area contributed by atoms with Gasteiger partial charge in [0.15, 0.2) is 0 Å². The summed E-state index contributed by atoms with van der Waals surface area (Å²) in [7, 11) is 1.98. The molecule has 1 heterocycles. The number of rotatable bonds is 4. The molecule has 1 atom stereocenters. The van der Waals surface area contributed by atoms with Gasteiger partial charge in [-0.05, 0) is 32.0 Å². The predicted octanol–water partition coefficient (Wildman–Crippen LogP) is 1.91. The number of nitrogens with zero attached hydrogens (tertiary/aromatic N) is 2. The van der Waals surface area contributed by atoms with Gasteiger partial charge in [-0.15, -0.1) is 0 Å². The van der Waals surface area contributed by atoms with Crippen molar-refractivity contribution in [3.63, 3.8) is 0 Å². The summed E-state index contributed by atoms with van der Waals surface area (Å²) in [5, 5.41) is 0.680. The summed E-state index contributed by atoms with van der Waals surface area (Å²) in [6.45, 7) is 2.79. The first-order valence-corrected chi connectivity index (χ1v) is 5.08. The van der Waals surface area contributed by atoms with Crippen molar-refractivity contribution in [2.24, 2.45) is 5.73 Å². The number of hydrogen-bond donors (Lipinski definition) is 1. The molecule has 1 rings (SSSR count). The summed E-state index contributed by atoms with van der Waals surface area (Å²) in [6, 6.07) is 4.02. The molecule has 14 heavy (non-hydrogen) atoms. The summed E-state index contributed by atoms with van der Waals surface area (Å²) in [5.74, 6) is 0.815. The van der Waals surface area contributed by atoms with Gasteiger partial charge in [0.25, 0.3) is 0 Å². The highest BCUT2D eigenvalue weighted by molar-refractivity contribution is 6.32. The molecular formula is C10H16ClN3. The molecule has 0 aliphatic carbocycles. The highest BCUT2D eigenvalue weighted by atomic mass is 35.5. The number of hydrogen-bond acceptors (Lipinski definition) is 3. The number of pyridine rings is 1. The maximum atomic E-state index is 6.03. The molecule has 3 nitrogen and oxygen atoms in total. The normalized spacial score (nSPS) is 12.6. The molecule has 0 saturated heterocycles. The molecule has 0 bridgehead atoms. The van der Waals surface area contributed by atoms with Gasteiger partial charge in [-0.1, -0.05) is 11.6 Å². The zero-order chi connectivity index (χ0) is 10.6. The number of halogens is 1. The maximum absolute atomic E-state index is 6.03. The second kappa shape index (κ2) is 5.17. The first-order chi connectivity index (χ1) is 6.66. The standard InChI is InChI=1S/C10H16ClN3/c1-8(5-6-12)14(2)10-9(11)4-3-7-13-10/h3-4,7-8H,5-6,12H2,1-2H3. The Hall–Kier alpha value is -0.800. The molecule has 0 amide bonds. The van der Waals surface area contributed by atoms with Crippen LogP contribution in [0.15, 0.2) is 18.3 Å². The number of anilines is 1. The molecule has 0 aliphatic rings. The Bertz CT molecular complexity index is 290. The average Bonchev–Trinajstić information content (AvgIpc) is 2.18. The van der Waals surface area contributed by atoms with Crippen LogP contribution in [0, 0.1) is 0 Å². The Labute approximate surface area is 89.9 Å². The van der Waals surface area contributed by atoms with Crippen LogP contribution >= 0.6 is 11.6 Å². The van der Waals surface area contributed by atoms with Crippen molar-refractivity contribution in [1.29, 1.82) is 0 Å². The lowest BCUT2D eigenvalue weighted by molar-refractivity contribution is 0.629. The van der Waals surface area contributed by atoms with Crippen molar-refractivity contribution in [1.82, 2.24) is 4.98 Å². The van der Waals surface area contributed by atoms with E-state index in [0.29, 0.717) is 17.6 Å². The van der Waals surface area contributed by atoms with E-state index < -0.39 is 0 Å². The van der Waals surface area contributed by atoms with Crippen molar-refractivity contribution in [3.8, 4) is 0 Å². The molecule has 0 aliphatic heterocycles. The average molecular weight is 214 g/mol. The zero-order valence-electron chi connectivity index (χ0n) is 8.57. The van der Waals surface area contributed by atoms with Gasteiger partial charge in [0.05, 0.1) is 5.02 Å². The highest BCUT2D eigenvalue weighted by Crippen LogP contribution is 2.23. The van der Waals surface area contributed by atoms with Gasteiger partial charge >= 0.3 is 0 Å². The van der Waals surface area contributed by atoms with Gasteiger partial charge < -0.3 is 10.6 Å². The van der Waals surface area contributed by atoms with E-state index in [9.17, 15) is 0 Å². The van der Waals surface area contributed by atoms with E-state index in [4.69, 9.17) is 17.3 Å². The van der Waals surface area contributed by atoms with E-state index >= 15 is 0 Å². The van der Waals surface area contributed by atoms with E-state index in [-0.39, 0.29) is 0 Å². The van der Waals surface area contributed by atoms with Crippen molar-refractivity contribution in [3.05, 3.63) is 23.4 Å². The van der Waals surface area contributed by atoms with E-state index in [1.807, 2.05) is 19.2 Å². The minimum atomic E-state index is 0.354. The molecule has 0 saturated carbocycles. The fraction of sp³-hybridized carbons (Fsp3) is 0.500. The van der Waals surface area contributed by atoms with Crippen LogP contribution in [0.2, 0.25) is 5.02 Å². The van der Waals surface area contributed by atoms with Crippen LogP contribution in [0.4, 0.5) is 5.82 Å². The third-order valence-electron chi connectivity index (χ3n) is 2.32. The van der Waals surface area contributed by atoms with Gasteiger partial charge in [-0.25, -0.2) is 4.98 Å². The van der Waals surface area contributed by atoms with Crippen LogP contribution < -0.4 is 10.6 Å². The molecule has 0 fully saturated rings. The van der Waals surface area contributed by atoms with Crippen LogP contribution in [0.5, 0.6) is 0 Å². The fourth-order valence-corrected chi connectivity index (χ4v) is 1.54. The van der Waals surface area contributed by atoms with Crippen LogP contribution in [0.1, 0.15) is 13.3 Å². The van der Waals surface area contributed by atoms with Gasteiger partial charge in [0.2, 0.25) is 0 Å². The van der Waals surface area contributed by atoms with Crippen molar-refractivity contribution >= 4 is 17.4 Å². The van der Waals surface area contributed by atoms with E-state index in [0.717, 1.165) is 12.2 Å². The summed E-state index contributed by atoms with van der Waals surface area (Å²) in [5.41, 5.74) is 5.50. The van der Waals surface area contributed by atoms with Crippen LogP contribution in [0.3, 0.4) is 0 Å². The lowest BCUT2D eigenvalue weighted by atomic mass is 10.2. The van der Waals surface area contributed by atoms with Crippen molar-refractivity contribution < 1.29 is 0 Å². The summed E-state index contributed by atoms with van der Waals surface area (Å²) in [4.78, 5) is 6.29. The second-order valence-electron chi connectivity index (χ2n) is 3.35. The highest BCUT2D eigenvalue weighted by Gasteiger charge is 2.12. The van der Waals surface area contributed by atoms with Gasteiger partial charge in [-0.3, -0.25) is 0 Å². The molecule has 1 unspecified atom stereocenters. The number of nitrogens with two attached hydrogens (primary N) is 1.